The van der Waals surface area contributed by atoms with Gasteiger partial charge in [0, 0.05) is 19.7 Å². The van der Waals surface area contributed by atoms with Crippen molar-refractivity contribution in [1.82, 2.24) is 5.32 Å². The fourth-order valence-corrected chi connectivity index (χ4v) is 1.91. The van der Waals surface area contributed by atoms with Crippen molar-refractivity contribution in [2.75, 3.05) is 13.7 Å². The molecule has 0 saturated carbocycles. The fourth-order valence-electron chi connectivity index (χ4n) is 1.71. The van der Waals surface area contributed by atoms with Crippen molar-refractivity contribution < 1.29 is 9.13 Å². The smallest absolute Gasteiger partial charge is 0.141 e. The molecule has 0 fully saturated rings. The zero-order chi connectivity index (χ0) is 12.7. The second kappa shape index (κ2) is 7.64. The molecule has 0 saturated heterocycles. The van der Waals surface area contributed by atoms with E-state index in [2.05, 4.69) is 12.2 Å². The summed E-state index contributed by atoms with van der Waals surface area (Å²) in [6.45, 7) is 3.50. The Morgan fingerprint density at radius 1 is 1.47 bits per heavy atom. The molecule has 96 valence electrons. The van der Waals surface area contributed by atoms with Gasteiger partial charge in [-0.05, 0) is 24.1 Å². The Hall–Kier alpha value is -0.640. The van der Waals surface area contributed by atoms with Crippen LogP contribution >= 0.6 is 11.6 Å². The highest BCUT2D eigenvalue weighted by molar-refractivity contribution is 6.30. The number of nitrogens with one attached hydrogen (secondary N) is 1. The van der Waals surface area contributed by atoms with E-state index in [0.29, 0.717) is 19.2 Å². The SMILES string of the molecule is CCCC(COC)NCc1ccc(F)c(Cl)c1. The predicted octanol–water partition coefficient (Wildman–Crippen LogP) is 3.38. The molecule has 1 unspecified atom stereocenters. The van der Waals surface area contributed by atoms with Gasteiger partial charge in [0.15, 0.2) is 0 Å². The van der Waals surface area contributed by atoms with Gasteiger partial charge in [-0.25, -0.2) is 4.39 Å². The molecule has 0 aromatic heterocycles. The van der Waals surface area contributed by atoms with E-state index >= 15 is 0 Å². The molecule has 0 aliphatic rings. The van der Waals surface area contributed by atoms with Crippen molar-refractivity contribution in [3.8, 4) is 0 Å². The van der Waals surface area contributed by atoms with E-state index in [1.165, 1.54) is 6.07 Å². The lowest BCUT2D eigenvalue weighted by atomic mass is 10.1. The van der Waals surface area contributed by atoms with Gasteiger partial charge in [0.1, 0.15) is 5.82 Å². The van der Waals surface area contributed by atoms with Crippen LogP contribution in [0.5, 0.6) is 0 Å². The first-order valence-corrected chi connectivity index (χ1v) is 6.21. The minimum absolute atomic E-state index is 0.170. The Bertz CT molecular complexity index is 340. The molecule has 0 heterocycles. The zero-order valence-electron chi connectivity index (χ0n) is 10.3. The summed E-state index contributed by atoms with van der Waals surface area (Å²) in [4.78, 5) is 0. The van der Waals surface area contributed by atoms with Crippen LogP contribution in [0.4, 0.5) is 4.39 Å². The van der Waals surface area contributed by atoms with Gasteiger partial charge in [-0.2, -0.15) is 0 Å². The van der Waals surface area contributed by atoms with Crippen molar-refractivity contribution in [2.45, 2.75) is 32.4 Å². The molecule has 0 aliphatic carbocycles. The Morgan fingerprint density at radius 3 is 2.82 bits per heavy atom. The molecule has 17 heavy (non-hydrogen) atoms. The average Bonchev–Trinajstić information content (AvgIpc) is 2.31. The molecule has 0 bridgehead atoms. The summed E-state index contributed by atoms with van der Waals surface area (Å²) >= 11 is 5.72. The van der Waals surface area contributed by atoms with Crippen LogP contribution in [0.1, 0.15) is 25.3 Å². The maximum atomic E-state index is 13.0. The second-order valence-corrected chi connectivity index (χ2v) is 4.48. The highest BCUT2D eigenvalue weighted by Gasteiger charge is 2.07. The van der Waals surface area contributed by atoms with E-state index in [0.717, 1.165) is 18.4 Å². The molecule has 2 nitrogen and oxygen atoms in total. The number of halogens is 2. The third-order valence-corrected chi connectivity index (χ3v) is 2.87. The third kappa shape index (κ3) is 5.02. The summed E-state index contributed by atoms with van der Waals surface area (Å²) in [5.74, 6) is -0.377. The quantitative estimate of drug-likeness (QED) is 0.811. The fraction of sp³-hybridized carbons (Fsp3) is 0.538. The average molecular weight is 260 g/mol. The van der Waals surface area contributed by atoms with Crippen LogP contribution in [-0.2, 0) is 11.3 Å². The Labute approximate surface area is 107 Å². The number of hydrogen-bond acceptors (Lipinski definition) is 2. The van der Waals surface area contributed by atoms with E-state index in [1.807, 2.05) is 0 Å². The lowest BCUT2D eigenvalue weighted by molar-refractivity contribution is 0.161. The van der Waals surface area contributed by atoms with Gasteiger partial charge in [0.2, 0.25) is 0 Å². The lowest BCUT2D eigenvalue weighted by Crippen LogP contribution is -2.32. The standard InChI is InChI=1S/C13H19ClFNO/c1-3-4-11(9-17-2)16-8-10-5-6-13(15)12(14)7-10/h5-7,11,16H,3-4,8-9H2,1-2H3. The van der Waals surface area contributed by atoms with Crippen LogP contribution in [0.3, 0.4) is 0 Å². The first-order valence-electron chi connectivity index (χ1n) is 5.83. The highest BCUT2D eigenvalue weighted by Crippen LogP contribution is 2.16. The van der Waals surface area contributed by atoms with Gasteiger partial charge < -0.3 is 10.1 Å². The number of rotatable bonds is 7. The van der Waals surface area contributed by atoms with E-state index in [4.69, 9.17) is 16.3 Å². The van der Waals surface area contributed by atoms with E-state index < -0.39 is 0 Å². The van der Waals surface area contributed by atoms with Gasteiger partial charge in [-0.1, -0.05) is 31.0 Å². The number of hydrogen-bond donors (Lipinski definition) is 1. The molecule has 0 aliphatic heterocycles. The maximum Gasteiger partial charge on any atom is 0.141 e. The third-order valence-electron chi connectivity index (χ3n) is 2.58. The topological polar surface area (TPSA) is 21.3 Å². The molecule has 1 rings (SSSR count). The Balaban J connectivity index is 2.49. The number of methoxy groups -OCH3 is 1. The Morgan fingerprint density at radius 2 is 2.24 bits per heavy atom. The van der Waals surface area contributed by atoms with Crippen LogP contribution < -0.4 is 5.32 Å². The molecule has 0 amide bonds. The monoisotopic (exact) mass is 259 g/mol. The number of benzene rings is 1. The minimum atomic E-state index is -0.377. The molecule has 1 aromatic carbocycles. The molecule has 1 N–H and O–H groups in total. The molecule has 4 heteroatoms. The maximum absolute atomic E-state index is 13.0. The molecule has 0 spiro atoms. The summed E-state index contributed by atoms with van der Waals surface area (Å²) in [6, 6.07) is 5.11. The molecule has 1 aromatic rings. The van der Waals surface area contributed by atoms with Crippen molar-refractivity contribution in [3.05, 3.63) is 34.6 Å². The van der Waals surface area contributed by atoms with Crippen molar-refractivity contribution in [1.29, 1.82) is 0 Å². The second-order valence-electron chi connectivity index (χ2n) is 4.07. The molecule has 0 radical (unpaired) electrons. The largest absolute Gasteiger partial charge is 0.383 e. The molecular weight excluding hydrogens is 241 g/mol. The summed E-state index contributed by atoms with van der Waals surface area (Å²) in [5, 5.41) is 3.55. The van der Waals surface area contributed by atoms with Gasteiger partial charge in [0.25, 0.3) is 0 Å². The molecular formula is C13H19ClFNO. The summed E-state index contributed by atoms with van der Waals surface area (Å²) in [7, 11) is 1.69. The van der Waals surface area contributed by atoms with Crippen molar-refractivity contribution in [2.24, 2.45) is 0 Å². The summed E-state index contributed by atoms with van der Waals surface area (Å²) < 4.78 is 18.1. The van der Waals surface area contributed by atoms with Gasteiger partial charge in [-0.15, -0.1) is 0 Å². The normalized spacial score (nSPS) is 12.7. The predicted molar refractivity (Wildman–Crippen MR) is 68.8 cm³/mol. The van der Waals surface area contributed by atoms with E-state index in [-0.39, 0.29) is 10.8 Å². The molecule has 1 atom stereocenters. The van der Waals surface area contributed by atoms with Gasteiger partial charge in [0.05, 0.1) is 11.6 Å². The first-order chi connectivity index (χ1) is 8.17. The van der Waals surface area contributed by atoms with Gasteiger partial charge in [-0.3, -0.25) is 0 Å². The zero-order valence-corrected chi connectivity index (χ0v) is 11.1. The van der Waals surface area contributed by atoms with Gasteiger partial charge >= 0.3 is 0 Å². The first kappa shape index (κ1) is 14.4. The van der Waals surface area contributed by atoms with Crippen LogP contribution in [0.15, 0.2) is 18.2 Å². The van der Waals surface area contributed by atoms with Crippen LogP contribution in [0, 0.1) is 5.82 Å². The minimum Gasteiger partial charge on any atom is -0.383 e. The summed E-state index contributed by atoms with van der Waals surface area (Å²) in [5.41, 5.74) is 0.980. The number of ether oxygens (including phenoxy) is 1. The van der Waals surface area contributed by atoms with Crippen LogP contribution in [-0.4, -0.2) is 19.8 Å². The van der Waals surface area contributed by atoms with E-state index in [9.17, 15) is 4.39 Å². The highest BCUT2D eigenvalue weighted by atomic mass is 35.5. The lowest BCUT2D eigenvalue weighted by Gasteiger charge is -2.17. The Kier molecular flexibility index (Phi) is 6.48. The van der Waals surface area contributed by atoms with Crippen molar-refractivity contribution >= 4 is 11.6 Å². The van der Waals surface area contributed by atoms with Crippen LogP contribution in [0.25, 0.3) is 0 Å². The van der Waals surface area contributed by atoms with E-state index in [1.54, 1.807) is 19.2 Å². The van der Waals surface area contributed by atoms with Crippen molar-refractivity contribution in [3.63, 3.8) is 0 Å². The van der Waals surface area contributed by atoms with Crippen LogP contribution in [0.2, 0.25) is 5.02 Å². The summed E-state index contributed by atoms with van der Waals surface area (Å²) in [6.07, 6.45) is 2.16.